The molecule has 0 fully saturated rings. The van der Waals surface area contributed by atoms with E-state index < -0.39 is 0 Å². The van der Waals surface area contributed by atoms with Crippen LogP contribution in [0.3, 0.4) is 0 Å². The minimum absolute atomic E-state index is 0.104. The van der Waals surface area contributed by atoms with E-state index in [9.17, 15) is 4.79 Å². The molecular weight excluding hydrogens is 318 g/mol. The number of allylic oxidation sites excluding steroid dienone is 1. The lowest BCUT2D eigenvalue weighted by Crippen LogP contribution is -2.50. The van der Waals surface area contributed by atoms with Crippen molar-refractivity contribution in [2.24, 2.45) is 7.05 Å². The predicted molar refractivity (Wildman–Crippen MR) is 100 cm³/mol. The summed E-state index contributed by atoms with van der Waals surface area (Å²) < 4.78 is 1.93. The molecule has 0 radical (unpaired) electrons. The summed E-state index contributed by atoms with van der Waals surface area (Å²) in [6.07, 6.45) is 5.82. The zero-order chi connectivity index (χ0) is 17.5. The Kier molecular flexibility index (Phi) is 4.30. The number of aryl methyl sites for hydroxylation is 2. The molecule has 1 aliphatic heterocycles. The van der Waals surface area contributed by atoms with Gasteiger partial charge in [0.05, 0.1) is 17.0 Å². The van der Waals surface area contributed by atoms with Crippen molar-refractivity contribution in [3.8, 4) is 0 Å². The second-order valence-corrected chi connectivity index (χ2v) is 7.73. The molecule has 0 saturated heterocycles. The summed E-state index contributed by atoms with van der Waals surface area (Å²) in [5, 5.41) is 0.856. The van der Waals surface area contributed by atoms with Gasteiger partial charge in [0.15, 0.2) is 5.16 Å². The van der Waals surface area contributed by atoms with Crippen LogP contribution >= 0.6 is 11.8 Å². The third kappa shape index (κ3) is 2.88. The van der Waals surface area contributed by atoms with Crippen LogP contribution in [0.5, 0.6) is 0 Å². The second kappa shape index (κ2) is 6.13. The van der Waals surface area contributed by atoms with Gasteiger partial charge in [-0.3, -0.25) is 4.79 Å². The maximum atomic E-state index is 13.1. The molecule has 4 nitrogen and oxygen atoms in total. The van der Waals surface area contributed by atoms with E-state index in [-0.39, 0.29) is 11.4 Å². The molecule has 0 N–H and O–H groups in total. The van der Waals surface area contributed by atoms with Gasteiger partial charge in [0.25, 0.3) is 0 Å². The van der Waals surface area contributed by atoms with Crippen molar-refractivity contribution in [2.45, 2.75) is 38.4 Å². The molecule has 3 rings (SSSR count). The van der Waals surface area contributed by atoms with Crippen molar-refractivity contribution in [3.63, 3.8) is 0 Å². The van der Waals surface area contributed by atoms with Crippen LogP contribution in [0.4, 0.5) is 5.69 Å². The number of carbonyl (C=O) groups excluding carboxylic acids is 1. The summed E-state index contributed by atoms with van der Waals surface area (Å²) in [5.41, 5.74) is 4.18. The number of fused-ring (bicyclic) bond motifs is 1. The van der Waals surface area contributed by atoms with Crippen LogP contribution in [0.15, 0.2) is 41.8 Å². The van der Waals surface area contributed by atoms with Crippen LogP contribution in [0.2, 0.25) is 0 Å². The first-order valence-corrected chi connectivity index (χ1v) is 9.02. The van der Waals surface area contributed by atoms with Crippen molar-refractivity contribution in [1.82, 2.24) is 9.55 Å². The Hall–Kier alpha value is -2.01. The number of para-hydroxylation sites is 1. The van der Waals surface area contributed by atoms with E-state index in [0.29, 0.717) is 5.75 Å². The number of nitrogens with zero attached hydrogens (tertiary/aromatic N) is 3. The number of benzene rings is 1. The van der Waals surface area contributed by atoms with Gasteiger partial charge in [-0.05, 0) is 38.8 Å². The average molecular weight is 341 g/mol. The maximum Gasteiger partial charge on any atom is 0.238 e. The van der Waals surface area contributed by atoms with Crippen LogP contribution in [0, 0.1) is 6.92 Å². The van der Waals surface area contributed by atoms with E-state index in [4.69, 9.17) is 0 Å². The maximum absolute atomic E-state index is 13.1. The van der Waals surface area contributed by atoms with E-state index in [2.05, 4.69) is 57.0 Å². The summed E-state index contributed by atoms with van der Waals surface area (Å²) in [6.45, 7) is 8.37. The van der Waals surface area contributed by atoms with Gasteiger partial charge in [0.2, 0.25) is 5.91 Å². The van der Waals surface area contributed by atoms with E-state index >= 15 is 0 Å². The lowest BCUT2D eigenvalue weighted by atomic mass is 9.87. The molecule has 1 aliphatic rings. The molecule has 0 atom stereocenters. The van der Waals surface area contributed by atoms with Gasteiger partial charge in [0.1, 0.15) is 0 Å². The third-order valence-electron chi connectivity index (χ3n) is 4.38. The second-order valence-electron chi connectivity index (χ2n) is 6.79. The lowest BCUT2D eigenvalue weighted by molar-refractivity contribution is -0.116. The number of anilines is 1. The quantitative estimate of drug-likeness (QED) is 0.791. The van der Waals surface area contributed by atoms with Gasteiger partial charge in [0, 0.05) is 25.0 Å². The normalized spacial score (nSPS) is 15.9. The zero-order valence-corrected chi connectivity index (χ0v) is 15.6. The lowest BCUT2D eigenvalue weighted by Gasteiger charge is -2.42. The fourth-order valence-corrected chi connectivity index (χ4v) is 4.14. The highest BCUT2D eigenvalue weighted by atomic mass is 32.2. The molecule has 1 aromatic heterocycles. The first kappa shape index (κ1) is 16.8. The van der Waals surface area contributed by atoms with Gasteiger partial charge in [-0.2, -0.15) is 0 Å². The van der Waals surface area contributed by atoms with Crippen molar-refractivity contribution in [2.75, 3.05) is 10.7 Å². The van der Waals surface area contributed by atoms with Crippen molar-refractivity contribution in [1.29, 1.82) is 0 Å². The highest BCUT2D eigenvalue weighted by Crippen LogP contribution is 2.41. The zero-order valence-electron chi connectivity index (χ0n) is 14.8. The molecule has 126 valence electrons. The highest BCUT2D eigenvalue weighted by Gasteiger charge is 2.36. The Labute approximate surface area is 147 Å². The Bertz CT molecular complexity index is 820. The summed E-state index contributed by atoms with van der Waals surface area (Å²) in [5.74, 6) is 0.474. The van der Waals surface area contributed by atoms with Gasteiger partial charge in [-0.15, -0.1) is 0 Å². The topological polar surface area (TPSA) is 38.1 Å². The van der Waals surface area contributed by atoms with Gasteiger partial charge in [-0.1, -0.05) is 36.0 Å². The van der Waals surface area contributed by atoms with Gasteiger partial charge >= 0.3 is 0 Å². The van der Waals surface area contributed by atoms with Crippen LogP contribution in [0.25, 0.3) is 5.57 Å². The van der Waals surface area contributed by atoms with Crippen molar-refractivity contribution in [3.05, 3.63) is 47.8 Å². The van der Waals surface area contributed by atoms with E-state index in [1.165, 1.54) is 17.3 Å². The Morgan fingerprint density at radius 1 is 1.29 bits per heavy atom. The predicted octanol–water partition coefficient (Wildman–Crippen LogP) is 4.05. The van der Waals surface area contributed by atoms with Crippen LogP contribution in [-0.4, -0.2) is 26.8 Å². The number of aromatic nitrogens is 2. The first-order chi connectivity index (χ1) is 11.3. The number of amides is 1. The summed E-state index contributed by atoms with van der Waals surface area (Å²) in [7, 11) is 1.94. The molecule has 0 aliphatic carbocycles. The summed E-state index contributed by atoms with van der Waals surface area (Å²) in [4.78, 5) is 19.3. The van der Waals surface area contributed by atoms with Crippen molar-refractivity contribution >= 4 is 28.9 Å². The molecule has 5 heteroatoms. The average Bonchev–Trinajstić information content (AvgIpc) is 2.90. The summed E-state index contributed by atoms with van der Waals surface area (Å²) >= 11 is 1.48. The minimum atomic E-state index is -0.345. The Morgan fingerprint density at radius 3 is 2.71 bits per heavy atom. The number of thioether (sulfide) groups is 1. The minimum Gasteiger partial charge on any atom is -0.329 e. The number of rotatable bonds is 3. The molecule has 0 bridgehead atoms. The van der Waals surface area contributed by atoms with E-state index in [0.717, 1.165) is 22.0 Å². The first-order valence-electron chi connectivity index (χ1n) is 8.04. The smallest absolute Gasteiger partial charge is 0.238 e. The molecule has 2 heterocycles. The van der Waals surface area contributed by atoms with Gasteiger partial charge < -0.3 is 9.47 Å². The number of hydrogen-bond donors (Lipinski definition) is 0. The molecule has 0 spiro atoms. The molecule has 24 heavy (non-hydrogen) atoms. The Balaban J connectivity index is 1.94. The number of carbonyl (C=O) groups is 1. The largest absolute Gasteiger partial charge is 0.329 e. The Morgan fingerprint density at radius 2 is 2.04 bits per heavy atom. The monoisotopic (exact) mass is 341 g/mol. The highest BCUT2D eigenvalue weighted by molar-refractivity contribution is 7.99. The molecular formula is C19H23N3OS. The SMILES string of the molecule is CC1=CC(C)(C)N(C(=O)CSc2nccn2C)c2c(C)cccc21. The van der Waals surface area contributed by atoms with Crippen LogP contribution < -0.4 is 4.90 Å². The fraction of sp³-hybridized carbons (Fsp3) is 0.368. The number of imidazole rings is 1. The third-order valence-corrected chi connectivity index (χ3v) is 5.43. The van der Waals surface area contributed by atoms with E-state index in [1.807, 2.05) is 22.7 Å². The molecule has 0 unspecified atom stereocenters. The molecule has 0 saturated carbocycles. The number of hydrogen-bond acceptors (Lipinski definition) is 3. The fourth-order valence-electron chi connectivity index (χ4n) is 3.36. The van der Waals surface area contributed by atoms with Gasteiger partial charge in [-0.25, -0.2) is 4.98 Å². The summed E-state index contributed by atoms with van der Waals surface area (Å²) in [6, 6.07) is 6.21. The van der Waals surface area contributed by atoms with E-state index in [1.54, 1.807) is 6.20 Å². The standard InChI is InChI=1S/C19H23N3OS/c1-13-7-6-8-15-14(2)11-19(3,4)22(17(13)15)16(23)12-24-18-20-9-10-21(18)5/h6-11H,12H2,1-5H3. The molecule has 2 aromatic rings. The van der Waals surface area contributed by atoms with Crippen molar-refractivity contribution < 1.29 is 4.79 Å². The molecule has 1 amide bonds. The molecule has 1 aromatic carbocycles. The van der Waals surface area contributed by atoms with Crippen LogP contribution in [-0.2, 0) is 11.8 Å². The van der Waals surface area contributed by atoms with Crippen LogP contribution in [0.1, 0.15) is 31.9 Å².